The summed E-state index contributed by atoms with van der Waals surface area (Å²) in [6.07, 6.45) is 10.3. The van der Waals surface area contributed by atoms with Crippen LogP contribution < -0.4 is 0 Å². The zero-order chi connectivity index (χ0) is 12.4. The lowest BCUT2D eigenvalue weighted by atomic mass is 9.95. The molecule has 0 unspecified atom stereocenters. The Labute approximate surface area is 111 Å². The molecule has 3 heteroatoms. The lowest BCUT2D eigenvalue weighted by molar-refractivity contribution is -0.136. The molecular formula is C15H26N2O. The number of nitrogens with zero attached hydrogens (tertiary/aromatic N) is 2. The van der Waals surface area contributed by atoms with Gasteiger partial charge in [0.1, 0.15) is 0 Å². The zero-order valence-corrected chi connectivity index (χ0v) is 11.4. The summed E-state index contributed by atoms with van der Waals surface area (Å²) in [4.78, 5) is 17.2. The van der Waals surface area contributed by atoms with Gasteiger partial charge in [-0.2, -0.15) is 0 Å². The smallest absolute Gasteiger partial charge is 0.226 e. The summed E-state index contributed by atoms with van der Waals surface area (Å²) in [5.74, 6) is 0.757. The first-order valence-electron chi connectivity index (χ1n) is 7.87. The molecule has 102 valence electrons. The van der Waals surface area contributed by atoms with Gasteiger partial charge in [-0.25, -0.2) is 0 Å². The first kappa shape index (κ1) is 12.5. The molecular weight excluding hydrogens is 224 g/mol. The zero-order valence-electron chi connectivity index (χ0n) is 11.4. The third kappa shape index (κ3) is 2.56. The Bertz CT molecular complexity index is 293. The van der Waals surface area contributed by atoms with Gasteiger partial charge < -0.3 is 4.90 Å². The molecule has 1 saturated carbocycles. The van der Waals surface area contributed by atoms with Crippen molar-refractivity contribution in [1.82, 2.24) is 9.80 Å². The maximum Gasteiger partial charge on any atom is 0.226 e. The van der Waals surface area contributed by atoms with Crippen LogP contribution in [0.4, 0.5) is 0 Å². The number of hydrogen-bond acceptors (Lipinski definition) is 2. The molecule has 2 aliphatic heterocycles. The Balaban J connectivity index is 1.57. The molecule has 0 N–H and O–H groups in total. The molecule has 0 aromatic heterocycles. The second-order valence-electron chi connectivity index (χ2n) is 6.30. The molecule has 0 spiro atoms. The van der Waals surface area contributed by atoms with E-state index in [-0.39, 0.29) is 0 Å². The number of hydrogen-bond donors (Lipinski definition) is 0. The van der Waals surface area contributed by atoms with E-state index in [0.29, 0.717) is 11.8 Å². The van der Waals surface area contributed by atoms with Crippen molar-refractivity contribution in [3.63, 3.8) is 0 Å². The Morgan fingerprint density at radius 1 is 0.833 bits per heavy atom. The van der Waals surface area contributed by atoms with Crippen LogP contribution in [-0.4, -0.2) is 47.9 Å². The average Bonchev–Trinajstić information content (AvgIpc) is 3.11. The second kappa shape index (κ2) is 5.60. The van der Waals surface area contributed by atoms with E-state index in [9.17, 15) is 4.79 Å². The van der Waals surface area contributed by atoms with Gasteiger partial charge in [-0.05, 0) is 45.1 Å². The highest BCUT2D eigenvalue weighted by Gasteiger charge is 2.33. The normalized spacial score (nSPS) is 31.1. The number of carbonyl (C=O) groups excluding carboxylic acids is 1. The Kier molecular flexibility index (Phi) is 3.88. The summed E-state index contributed by atoms with van der Waals surface area (Å²) in [5, 5.41) is 0. The number of likely N-dealkylation sites (tertiary alicyclic amines) is 2. The molecule has 0 bridgehead atoms. The minimum absolute atomic E-state index is 0.303. The molecule has 3 aliphatic rings. The summed E-state index contributed by atoms with van der Waals surface area (Å²) in [6, 6.07) is 0.791. The van der Waals surface area contributed by atoms with Crippen LogP contribution in [0, 0.1) is 5.92 Å². The van der Waals surface area contributed by atoms with Gasteiger partial charge in [0.2, 0.25) is 5.91 Å². The van der Waals surface area contributed by atoms with E-state index < -0.39 is 0 Å². The maximum absolute atomic E-state index is 12.5. The molecule has 1 atom stereocenters. The average molecular weight is 250 g/mol. The van der Waals surface area contributed by atoms with Gasteiger partial charge in [0, 0.05) is 25.7 Å². The van der Waals surface area contributed by atoms with Crippen molar-refractivity contribution in [3.8, 4) is 0 Å². The fourth-order valence-corrected chi connectivity index (χ4v) is 4.00. The standard InChI is InChI=1S/C15H26N2O/c18-15(16-9-3-4-10-16)13-6-5-11-17(12-13)14-7-1-2-8-14/h13-14H,1-12H2/t13-/m0/s1. The Morgan fingerprint density at radius 2 is 1.56 bits per heavy atom. The predicted molar refractivity (Wildman–Crippen MR) is 72.4 cm³/mol. The van der Waals surface area contributed by atoms with Crippen LogP contribution >= 0.6 is 0 Å². The molecule has 3 nitrogen and oxygen atoms in total. The monoisotopic (exact) mass is 250 g/mol. The van der Waals surface area contributed by atoms with Crippen LogP contribution in [0.2, 0.25) is 0 Å². The Hall–Kier alpha value is -0.570. The molecule has 3 fully saturated rings. The van der Waals surface area contributed by atoms with Crippen LogP contribution in [0.5, 0.6) is 0 Å². The largest absolute Gasteiger partial charge is 0.342 e. The maximum atomic E-state index is 12.5. The van der Waals surface area contributed by atoms with Gasteiger partial charge in [-0.15, -0.1) is 0 Å². The minimum Gasteiger partial charge on any atom is -0.342 e. The van der Waals surface area contributed by atoms with E-state index in [1.807, 2.05) is 0 Å². The third-order valence-corrected chi connectivity index (χ3v) is 5.06. The van der Waals surface area contributed by atoms with Gasteiger partial charge in [0.05, 0.1) is 5.92 Å². The summed E-state index contributed by atoms with van der Waals surface area (Å²) in [5.41, 5.74) is 0. The summed E-state index contributed by atoms with van der Waals surface area (Å²) < 4.78 is 0. The van der Waals surface area contributed by atoms with E-state index in [1.165, 1.54) is 51.5 Å². The highest BCUT2D eigenvalue weighted by Crippen LogP contribution is 2.29. The molecule has 3 rings (SSSR count). The van der Waals surface area contributed by atoms with Crippen molar-refractivity contribution < 1.29 is 4.79 Å². The fraction of sp³-hybridized carbons (Fsp3) is 0.933. The highest BCUT2D eigenvalue weighted by atomic mass is 16.2. The van der Waals surface area contributed by atoms with Crippen LogP contribution in [0.15, 0.2) is 0 Å². The summed E-state index contributed by atoms with van der Waals surface area (Å²) in [6.45, 7) is 4.30. The van der Waals surface area contributed by atoms with E-state index in [4.69, 9.17) is 0 Å². The van der Waals surface area contributed by atoms with Crippen molar-refractivity contribution >= 4 is 5.91 Å². The summed E-state index contributed by atoms with van der Waals surface area (Å²) >= 11 is 0. The van der Waals surface area contributed by atoms with E-state index in [2.05, 4.69) is 9.80 Å². The van der Waals surface area contributed by atoms with Gasteiger partial charge in [0.25, 0.3) is 0 Å². The van der Waals surface area contributed by atoms with Crippen LogP contribution in [0.3, 0.4) is 0 Å². The number of carbonyl (C=O) groups is 1. The summed E-state index contributed by atoms with van der Waals surface area (Å²) in [7, 11) is 0. The van der Waals surface area contributed by atoms with Crippen molar-refractivity contribution in [1.29, 1.82) is 0 Å². The van der Waals surface area contributed by atoms with Crippen LogP contribution in [0.25, 0.3) is 0 Å². The van der Waals surface area contributed by atoms with Crippen molar-refractivity contribution in [2.75, 3.05) is 26.2 Å². The molecule has 0 aromatic carbocycles. The lowest BCUT2D eigenvalue weighted by Crippen LogP contribution is -2.47. The molecule has 0 aromatic rings. The molecule has 2 saturated heterocycles. The van der Waals surface area contributed by atoms with E-state index in [1.54, 1.807) is 0 Å². The lowest BCUT2D eigenvalue weighted by Gasteiger charge is -2.37. The van der Waals surface area contributed by atoms with Crippen LogP contribution in [0.1, 0.15) is 51.4 Å². The van der Waals surface area contributed by atoms with Crippen molar-refractivity contribution in [3.05, 3.63) is 0 Å². The SMILES string of the molecule is O=C([C@H]1CCCN(C2CCCC2)C1)N1CCCC1. The Morgan fingerprint density at radius 3 is 2.28 bits per heavy atom. The van der Waals surface area contributed by atoms with E-state index in [0.717, 1.165) is 32.1 Å². The second-order valence-corrected chi connectivity index (χ2v) is 6.30. The first-order chi connectivity index (χ1) is 8.84. The fourth-order valence-electron chi connectivity index (χ4n) is 4.00. The first-order valence-corrected chi connectivity index (χ1v) is 7.87. The molecule has 1 aliphatic carbocycles. The molecule has 1 amide bonds. The quantitative estimate of drug-likeness (QED) is 0.750. The van der Waals surface area contributed by atoms with Crippen LogP contribution in [-0.2, 0) is 4.79 Å². The predicted octanol–water partition coefficient (Wildman–Crippen LogP) is 2.26. The number of rotatable bonds is 2. The van der Waals surface area contributed by atoms with Gasteiger partial charge in [-0.3, -0.25) is 9.69 Å². The van der Waals surface area contributed by atoms with Crippen molar-refractivity contribution in [2.45, 2.75) is 57.4 Å². The topological polar surface area (TPSA) is 23.6 Å². The number of amides is 1. The van der Waals surface area contributed by atoms with Gasteiger partial charge in [-0.1, -0.05) is 12.8 Å². The number of piperidine rings is 1. The molecule has 18 heavy (non-hydrogen) atoms. The van der Waals surface area contributed by atoms with Gasteiger partial charge >= 0.3 is 0 Å². The molecule has 0 radical (unpaired) electrons. The van der Waals surface area contributed by atoms with Crippen molar-refractivity contribution in [2.24, 2.45) is 5.92 Å². The molecule has 2 heterocycles. The third-order valence-electron chi connectivity index (χ3n) is 5.06. The van der Waals surface area contributed by atoms with E-state index >= 15 is 0 Å². The minimum atomic E-state index is 0.303. The van der Waals surface area contributed by atoms with Gasteiger partial charge in [0.15, 0.2) is 0 Å². The highest BCUT2D eigenvalue weighted by molar-refractivity contribution is 5.79.